The number of rotatable bonds is 4. The lowest BCUT2D eigenvalue weighted by Gasteiger charge is -2.16. The molecule has 17 heavy (non-hydrogen) atoms. The van der Waals surface area contributed by atoms with Crippen molar-refractivity contribution < 1.29 is 0 Å². The van der Waals surface area contributed by atoms with Crippen molar-refractivity contribution in [3.8, 4) is 0 Å². The summed E-state index contributed by atoms with van der Waals surface area (Å²) in [5.74, 6) is 0. The van der Waals surface area contributed by atoms with Crippen molar-refractivity contribution in [2.24, 2.45) is 5.73 Å². The highest BCUT2D eigenvalue weighted by atomic mass is 32.1. The van der Waals surface area contributed by atoms with Crippen molar-refractivity contribution in [3.63, 3.8) is 0 Å². The van der Waals surface area contributed by atoms with E-state index in [0.717, 1.165) is 22.9 Å². The van der Waals surface area contributed by atoms with Gasteiger partial charge in [0.25, 0.3) is 0 Å². The molecule has 2 aromatic rings. The van der Waals surface area contributed by atoms with Crippen molar-refractivity contribution in [1.29, 1.82) is 0 Å². The van der Waals surface area contributed by atoms with Gasteiger partial charge in [0.15, 0.2) is 5.13 Å². The average molecular weight is 247 g/mol. The second kappa shape index (κ2) is 5.29. The Labute approximate surface area is 106 Å². The minimum atomic E-state index is 0.695. The van der Waals surface area contributed by atoms with Crippen LogP contribution in [0.1, 0.15) is 11.3 Å². The van der Waals surface area contributed by atoms with Crippen LogP contribution in [0.4, 0.5) is 10.8 Å². The summed E-state index contributed by atoms with van der Waals surface area (Å²) in [7, 11) is 2.04. The molecule has 0 saturated carbocycles. The van der Waals surface area contributed by atoms with E-state index in [-0.39, 0.29) is 0 Å². The summed E-state index contributed by atoms with van der Waals surface area (Å²) < 4.78 is 0. The lowest BCUT2D eigenvalue weighted by atomic mass is 10.1. The van der Waals surface area contributed by atoms with Crippen LogP contribution in [0.25, 0.3) is 0 Å². The van der Waals surface area contributed by atoms with Crippen molar-refractivity contribution in [2.75, 3.05) is 18.5 Å². The summed E-state index contributed by atoms with van der Waals surface area (Å²) in [5, 5.41) is 3.09. The minimum Gasteiger partial charge on any atom is -0.330 e. The van der Waals surface area contributed by atoms with Crippen molar-refractivity contribution >= 4 is 22.2 Å². The fourth-order valence-corrected chi connectivity index (χ4v) is 2.45. The minimum absolute atomic E-state index is 0.695. The summed E-state index contributed by atoms with van der Waals surface area (Å²) in [5.41, 5.74) is 9.03. The van der Waals surface area contributed by atoms with Crippen LogP contribution in [0.3, 0.4) is 0 Å². The largest absolute Gasteiger partial charge is 0.330 e. The Morgan fingerprint density at radius 3 is 2.53 bits per heavy atom. The number of aryl methyl sites for hydroxylation is 1. The smallest absolute Gasteiger partial charge is 0.189 e. The molecule has 3 nitrogen and oxygen atoms in total. The molecule has 0 unspecified atom stereocenters. The Morgan fingerprint density at radius 2 is 2.00 bits per heavy atom. The predicted molar refractivity (Wildman–Crippen MR) is 74.1 cm³/mol. The van der Waals surface area contributed by atoms with E-state index in [1.54, 1.807) is 11.3 Å². The lowest BCUT2D eigenvalue weighted by molar-refractivity contribution is 0.968. The third-order valence-electron chi connectivity index (χ3n) is 2.65. The van der Waals surface area contributed by atoms with E-state index in [1.165, 1.54) is 5.56 Å². The third-order valence-corrected chi connectivity index (χ3v) is 3.69. The van der Waals surface area contributed by atoms with E-state index in [1.807, 2.05) is 14.0 Å². The Kier molecular flexibility index (Phi) is 3.76. The van der Waals surface area contributed by atoms with Gasteiger partial charge >= 0.3 is 0 Å². The molecule has 1 aromatic heterocycles. The van der Waals surface area contributed by atoms with Gasteiger partial charge in [-0.15, -0.1) is 11.3 Å². The molecule has 0 atom stereocenters. The Balaban J connectivity index is 2.16. The van der Waals surface area contributed by atoms with Gasteiger partial charge in [0.1, 0.15) is 0 Å². The molecule has 1 aromatic carbocycles. The van der Waals surface area contributed by atoms with Crippen LogP contribution in [0.2, 0.25) is 0 Å². The first-order valence-electron chi connectivity index (χ1n) is 5.65. The first-order valence-corrected chi connectivity index (χ1v) is 6.53. The highest BCUT2D eigenvalue weighted by Gasteiger charge is 2.07. The molecule has 0 saturated heterocycles. The maximum atomic E-state index is 5.53. The van der Waals surface area contributed by atoms with E-state index in [4.69, 9.17) is 5.73 Å². The molecule has 0 aliphatic rings. The molecule has 0 fully saturated rings. The molecule has 4 heteroatoms. The van der Waals surface area contributed by atoms with Crippen LogP contribution in [0.15, 0.2) is 29.6 Å². The monoisotopic (exact) mass is 247 g/mol. The number of benzene rings is 1. The van der Waals surface area contributed by atoms with E-state index in [2.05, 4.69) is 39.5 Å². The normalized spacial score (nSPS) is 10.5. The Morgan fingerprint density at radius 1 is 1.29 bits per heavy atom. The quantitative estimate of drug-likeness (QED) is 0.903. The average Bonchev–Trinajstić information content (AvgIpc) is 2.76. The molecule has 0 bridgehead atoms. The zero-order valence-corrected chi connectivity index (χ0v) is 11.0. The summed E-state index contributed by atoms with van der Waals surface area (Å²) in [6.07, 6.45) is 0.931. The number of thiazole rings is 1. The molecule has 0 aliphatic carbocycles. The van der Waals surface area contributed by atoms with Gasteiger partial charge < -0.3 is 10.6 Å². The van der Waals surface area contributed by atoms with Gasteiger partial charge in [-0.3, -0.25) is 0 Å². The van der Waals surface area contributed by atoms with Gasteiger partial charge in [0.05, 0.1) is 5.69 Å². The maximum Gasteiger partial charge on any atom is 0.189 e. The van der Waals surface area contributed by atoms with Crippen LogP contribution in [-0.2, 0) is 6.42 Å². The fraction of sp³-hybridized carbons (Fsp3) is 0.308. The van der Waals surface area contributed by atoms with E-state index in [9.17, 15) is 0 Å². The number of hydrogen-bond acceptors (Lipinski definition) is 4. The first-order chi connectivity index (χ1) is 8.20. The van der Waals surface area contributed by atoms with Gasteiger partial charge in [-0.25, -0.2) is 4.98 Å². The summed E-state index contributed by atoms with van der Waals surface area (Å²) >= 11 is 1.66. The fourth-order valence-electron chi connectivity index (χ4n) is 1.66. The lowest BCUT2D eigenvalue weighted by Crippen LogP contribution is -2.09. The zero-order valence-electron chi connectivity index (χ0n) is 10.2. The van der Waals surface area contributed by atoms with E-state index in [0.29, 0.717) is 6.54 Å². The molecule has 0 radical (unpaired) electrons. The maximum absolute atomic E-state index is 5.53. The molecular weight excluding hydrogens is 230 g/mol. The molecule has 0 aliphatic heterocycles. The van der Waals surface area contributed by atoms with E-state index >= 15 is 0 Å². The van der Waals surface area contributed by atoms with Gasteiger partial charge in [-0.1, -0.05) is 12.1 Å². The van der Waals surface area contributed by atoms with Crippen LogP contribution < -0.4 is 10.6 Å². The van der Waals surface area contributed by atoms with Crippen molar-refractivity contribution in [1.82, 2.24) is 4.98 Å². The summed E-state index contributed by atoms with van der Waals surface area (Å²) in [6.45, 7) is 2.71. The zero-order chi connectivity index (χ0) is 12.3. The Hall–Kier alpha value is -1.39. The number of aromatic nitrogens is 1. The summed E-state index contributed by atoms with van der Waals surface area (Å²) in [4.78, 5) is 6.57. The number of hydrogen-bond donors (Lipinski definition) is 1. The number of anilines is 2. The van der Waals surface area contributed by atoms with Gasteiger partial charge in [-0.05, 0) is 37.6 Å². The second-order valence-corrected chi connectivity index (χ2v) is 4.87. The second-order valence-electron chi connectivity index (χ2n) is 4.04. The number of nitrogens with two attached hydrogens (primary N) is 1. The van der Waals surface area contributed by atoms with Crippen molar-refractivity contribution in [2.45, 2.75) is 13.3 Å². The molecule has 0 spiro atoms. The predicted octanol–water partition coefficient (Wildman–Crippen LogP) is 2.72. The van der Waals surface area contributed by atoms with Crippen LogP contribution in [-0.4, -0.2) is 18.6 Å². The molecule has 90 valence electrons. The molecule has 2 rings (SSSR count). The van der Waals surface area contributed by atoms with Crippen molar-refractivity contribution in [3.05, 3.63) is 40.9 Å². The Bertz CT molecular complexity index is 476. The molecule has 1 heterocycles. The topological polar surface area (TPSA) is 42.1 Å². The van der Waals surface area contributed by atoms with Gasteiger partial charge in [0, 0.05) is 18.1 Å². The molecule has 2 N–H and O–H groups in total. The number of nitrogens with zero attached hydrogens (tertiary/aromatic N) is 2. The third kappa shape index (κ3) is 2.84. The van der Waals surface area contributed by atoms with Crippen LogP contribution >= 0.6 is 11.3 Å². The summed E-state index contributed by atoms with van der Waals surface area (Å²) in [6, 6.07) is 8.47. The highest BCUT2D eigenvalue weighted by molar-refractivity contribution is 7.13. The highest BCUT2D eigenvalue weighted by Crippen LogP contribution is 2.26. The van der Waals surface area contributed by atoms with Gasteiger partial charge in [0.2, 0.25) is 0 Å². The first kappa shape index (κ1) is 12.1. The van der Waals surface area contributed by atoms with E-state index < -0.39 is 0 Å². The molecule has 0 amide bonds. The van der Waals surface area contributed by atoms with Gasteiger partial charge in [-0.2, -0.15) is 0 Å². The standard InChI is InChI=1S/C13H17N3S/c1-10-9-17-13(15-10)16(2)12-5-3-11(4-6-12)7-8-14/h3-6,9H,7-8,14H2,1-2H3. The van der Waals surface area contributed by atoms with Crippen LogP contribution in [0, 0.1) is 6.92 Å². The SMILES string of the molecule is Cc1csc(N(C)c2ccc(CCN)cc2)n1. The van der Waals surface area contributed by atoms with Crippen LogP contribution in [0.5, 0.6) is 0 Å². The molecular formula is C13H17N3S.